The van der Waals surface area contributed by atoms with E-state index in [1.807, 2.05) is 25.1 Å². The molecule has 6 nitrogen and oxygen atoms in total. The van der Waals surface area contributed by atoms with Crippen LogP contribution in [0.15, 0.2) is 42.5 Å². The van der Waals surface area contributed by atoms with Crippen LogP contribution in [0.5, 0.6) is 5.75 Å². The van der Waals surface area contributed by atoms with Gasteiger partial charge in [-0.05, 0) is 81.4 Å². The van der Waals surface area contributed by atoms with Gasteiger partial charge >= 0.3 is 5.97 Å². The maximum absolute atomic E-state index is 12.5. The first-order valence-electron chi connectivity index (χ1n) is 12.0. The third-order valence-electron chi connectivity index (χ3n) is 7.39. The van der Waals surface area contributed by atoms with Crippen LogP contribution in [-0.4, -0.2) is 56.8 Å². The molecule has 0 spiro atoms. The third kappa shape index (κ3) is 4.84. The Kier molecular flexibility index (Phi) is 7.59. The number of benzene rings is 2. The quantitative estimate of drug-likeness (QED) is 0.458. The van der Waals surface area contributed by atoms with Gasteiger partial charge in [0.1, 0.15) is 5.75 Å². The van der Waals surface area contributed by atoms with E-state index in [1.165, 1.54) is 18.2 Å². The summed E-state index contributed by atoms with van der Waals surface area (Å²) in [5, 5.41) is 1.00. The number of methoxy groups -OCH3 is 3. The number of nitrogens with one attached hydrogen (secondary N) is 1. The molecule has 0 bridgehead atoms. The van der Waals surface area contributed by atoms with Gasteiger partial charge in [0.15, 0.2) is 0 Å². The van der Waals surface area contributed by atoms with Gasteiger partial charge < -0.3 is 24.1 Å². The van der Waals surface area contributed by atoms with Gasteiger partial charge in [0.2, 0.25) is 0 Å². The summed E-state index contributed by atoms with van der Waals surface area (Å²) in [6.45, 7) is 2.98. The summed E-state index contributed by atoms with van der Waals surface area (Å²) in [5.41, 5.74) is 4.90. The first-order valence-corrected chi connectivity index (χ1v) is 12.0. The third-order valence-corrected chi connectivity index (χ3v) is 7.39. The fourth-order valence-corrected chi connectivity index (χ4v) is 5.49. The molecule has 1 aliphatic rings. The van der Waals surface area contributed by atoms with E-state index in [-0.39, 0.29) is 12.1 Å². The number of fused-ring (bicyclic) bond motifs is 1. The van der Waals surface area contributed by atoms with Crippen molar-refractivity contribution in [2.75, 3.05) is 34.9 Å². The van der Waals surface area contributed by atoms with Crippen LogP contribution in [0.25, 0.3) is 10.9 Å². The highest BCUT2D eigenvalue weighted by atomic mass is 16.5. The molecule has 1 fully saturated rings. The number of hydrogen-bond donors (Lipinski definition) is 1. The molecule has 2 aromatic carbocycles. The normalized spacial score (nSPS) is 19.8. The molecule has 3 aromatic rings. The molecule has 2 heterocycles. The summed E-state index contributed by atoms with van der Waals surface area (Å²) in [5.74, 6) is 1.17. The molecule has 0 saturated carbocycles. The number of nitrogens with zero attached hydrogens (tertiary/aromatic N) is 1. The summed E-state index contributed by atoms with van der Waals surface area (Å²) in [6, 6.07) is 14.8. The highest BCUT2D eigenvalue weighted by Gasteiger charge is 2.33. The van der Waals surface area contributed by atoms with Gasteiger partial charge in [0.05, 0.1) is 25.9 Å². The van der Waals surface area contributed by atoms with E-state index in [1.54, 1.807) is 14.2 Å². The number of likely N-dealkylation sites (N-methyl/N-ethyl adjacent to an activating group) is 1. The molecule has 3 unspecified atom stereocenters. The van der Waals surface area contributed by atoms with Crippen molar-refractivity contribution in [3.05, 3.63) is 64.8 Å². The molecule has 3 atom stereocenters. The van der Waals surface area contributed by atoms with Gasteiger partial charge in [-0.1, -0.05) is 24.3 Å². The standard InChI is InChI=1S/C28H36N2O4/c1-18-25(28(31)34-5)26-20(7-6-8-23(26)29-18)10-9-19-15-16-30(2)24(17-19)27(33-4)21-11-13-22(32-3)14-12-21/h6-8,11-14,19,24,27,29H,9-10,15-17H2,1-5H3. The smallest absolute Gasteiger partial charge is 0.340 e. The van der Waals surface area contributed by atoms with Crippen molar-refractivity contribution in [2.45, 2.75) is 44.8 Å². The number of ether oxygens (including phenoxy) is 3. The number of carbonyl (C=O) groups excluding carboxylic acids is 1. The van der Waals surface area contributed by atoms with E-state index < -0.39 is 0 Å². The Morgan fingerprint density at radius 3 is 2.59 bits per heavy atom. The van der Waals surface area contributed by atoms with Crippen LogP contribution >= 0.6 is 0 Å². The van der Waals surface area contributed by atoms with Crippen molar-refractivity contribution in [3.63, 3.8) is 0 Å². The fourth-order valence-electron chi connectivity index (χ4n) is 5.49. The Labute approximate surface area is 202 Å². The summed E-state index contributed by atoms with van der Waals surface area (Å²) < 4.78 is 16.4. The lowest BCUT2D eigenvalue weighted by molar-refractivity contribution is -0.00782. The molecule has 6 heteroatoms. The molecule has 34 heavy (non-hydrogen) atoms. The second-order valence-corrected chi connectivity index (χ2v) is 9.36. The zero-order chi connectivity index (χ0) is 24.2. The van der Waals surface area contributed by atoms with Crippen molar-refractivity contribution in [2.24, 2.45) is 5.92 Å². The number of esters is 1. The summed E-state index contributed by atoms with van der Waals surface area (Å²) in [4.78, 5) is 18.2. The Morgan fingerprint density at radius 1 is 1.15 bits per heavy atom. The average Bonchev–Trinajstić information content (AvgIpc) is 3.21. The molecule has 1 saturated heterocycles. The lowest BCUT2D eigenvalue weighted by Gasteiger charge is -2.41. The Morgan fingerprint density at radius 2 is 1.91 bits per heavy atom. The number of H-pyrrole nitrogens is 1. The van der Waals surface area contributed by atoms with Crippen LogP contribution in [0.4, 0.5) is 0 Å². The number of likely N-dealkylation sites (tertiary alicyclic amines) is 1. The first kappa shape index (κ1) is 24.3. The zero-order valence-corrected chi connectivity index (χ0v) is 20.9. The largest absolute Gasteiger partial charge is 0.497 e. The number of hydrogen-bond acceptors (Lipinski definition) is 5. The summed E-state index contributed by atoms with van der Waals surface area (Å²) in [6.07, 6.45) is 4.26. The van der Waals surface area contributed by atoms with Crippen molar-refractivity contribution in [3.8, 4) is 5.75 Å². The molecule has 0 radical (unpaired) electrons. The highest BCUT2D eigenvalue weighted by molar-refractivity contribution is 6.06. The number of aromatic amines is 1. The van der Waals surface area contributed by atoms with Crippen molar-refractivity contribution < 1.29 is 19.0 Å². The van der Waals surface area contributed by atoms with Crippen molar-refractivity contribution in [1.29, 1.82) is 0 Å². The summed E-state index contributed by atoms with van der Waals surface area (Å²) >= 11 is 0. The number of aromatic nitrogens is 1. The number of carbonyl (C=O) groups is 1. The SMILES string of the molecule is COC(=O)c1c(C)[nH]c2cccc(CCC3CCN(C)C(C(OC)c4ccc(OC)cc4)C3)c12. The Bertz CT molecular complexity index is 1120. The molecule has 1 N–H and O–H groups in total. The van der Waals surface area contributed by atoms with Crippen molar-refractivity contribution >= 4 is 16.9 Å². The molecular weight excluding hydrogens is 428 g/mol. The lowest BCUT2D eigenvalue weighted by atomic mass is 9.83. The van der Waals surface area contributed by atoms with Gasteiger partial charge in [0, 0.05) is 29.7 Å². The van der Waals surface area contributed by atoms with Gasteiger partial charge in [0.25, 0.3) is 0 Å². The van der Waals surface area contributed by atoms with Crippen LogP contribution in [0, 0.1) is 12.8 Å². The fraction of sp³-hybridized carbons (Fsp3) is 0.464. The van der Waals surface area contributed by atoms with E-state index in [0.717, 1.165) is 54.6 Å². The molecule has 1 aliphatic heterocycles. The van der Waals surface area contributed by atoms with Crippen LogP contribution < -0.4 is 4.74 Å². The molecule has 1 aromatic heterocycles. The van der Waals surface area contributed by atoms with E-state index in [0.29, 0.717) is 17.5 Å². The van der Waals surface area contributed by atoms with E-state index in [9.17, 15) is 4.79 Å². The topological polar surface area (TPSA) is 63.8 Å². The molecule has 0 aliphatic carbocycles. The van der Waals surface area contributed by atoms with E-state index in [4.69, 9.17) is 14.2 Å². The van der Waals surface area contributed by atoms with Gasteiger partial charge in [-0.2, -0.15) is 0 Å². The first-order chi connectivity index (χ1) is 16.5. The molecule has 0 amide bonds. The molecular formula is C28H36N2O4. The minimum absolute atomic E-state index is 0.0142. The zero-order valence-electron chi connectivity index (χ0n) is 20.9. The highest BCUT2D eigenvalue weighted by Crippen LogP contribution is 2.36. The second kappa shape index (κ2) is 10.6. The summed E-state index contributed by atoms with van der Waals surface area (Å²) in [7, 11) is 7.13. The second-order valence-electron chi connectivity index (χ2n) is 9.36. The van der Waals surface area contributed by atoms with Gasteiger partial charge in [-0.15, -0.1) is 0 Å². The monoisotopic (exact) mass is 464 g/mol. The van der Waals surface area contributed by atoms with Crippen LogP contribution in [-0.2, 0) is 15.9 Å². The van der Waals surface area contributed by atoms with Crippen LogP contribution in [0.3, 0.4) is 0 Å². The van der Waals surface area contributed by atoms with Gasteiger partial charge in [-0.3, -0.25) is 0 Å². The van der Waals surface area contributed by atoms with Crippen LogP contribution in [0.2, 0.25) is 0 Å². The lowest BCUT2D eigenvalue weighted by Crippen LogP contribution is -2.44. The molecule has 182 valence electrons. The Balaban J connectivity index is 1.51. The number of aryl methyl sites for hydroxylation is 2. The van der Waals surface area contributed by atoms with Crippen molar-refractivity contribution in [1.82, 2.24) is 9.88 Å². The predicted octanol–water partition coefficient (Wildman–Crippen LogP) is 5.30. The Hall–Kier alpha value is -2.83. The van der Waals surface area contributed by atoms with E-state index in [2.05, 4.69) is 41.2 Å². The van der Waals surface area contributed by atoms with Crippen LogP contribution in [0.1, 0.15) is 52.5 Å². The maximum Gasteiger partial charge on any atom is 0.340 e. The minimum atomic E-state index is -0.280. The average molecular weight is 465 g/mol. The number of piperidine rings is 1. The maximum atomic E-state index is 12.5. The predicted molar refractivity (Wildman–Crippen MR) is 135 cm³/mol. The number of rotatable bonds is 8. The van der Waals surface area contributed by atoms with E-state index >= 15 is 0 Å². The molecule has 4 rings (SSSR count). The minimum Gasteiger partial charge on any atom is -0.497 e. The van der Waals surface area contributed by atoms with Gasteiger partial charge in [-0.25, -0.2) is 4.79 Å².